The Hall–Kier alpha value is -1.17. The Bertz CT molecular complexity index is 1050. The van der Waals surface area contributed by atoms with Gasteiger partial charge in [0, 0.05) is 31.3 Å². The Kier molecular flexibility index (Phi) is 7.43. The lowest BCUT2D eigenvalue weighted by atomic mass is 9.34. The number of hydrogen-bond acceptors (Lipinski definition) is 4. The SMILES string of the molecule is C=C[C@]12CC[C@]3(C)[C@@H]4[C@H](C[C@@]3(C=C)[C@@H]1CC[C@@H]1CC(NC(=O)CCN(C)C)CC[C@@]12C)O[C@]1(CC[C@H](C)CO1)[C@H]4C. The number of allylic oxidation sites excluding steroid dienone is 2. The van der Waals surface area contributed by atoms with Crippen molar-refractivity contribution < 1.29 is 14.3 Å². The predicted molar refractivity (Wildman–Crippen MR) is 165 cm³/mol. The summed E-state index contributed by atoms with van der Waals surface area (Å²) in [7, 11) is 4.06. The Morgan fingerprint density at radius 3 is 2.39 bits per heavy atom. The van der Waals surface area contributed by atoms with Crippen molar-refractivity contribution in [3.8, 4) is 0 Å². The number of nitrogens with one attached hydrogen (secondary N) is 1. The number of hydrogen-bond donors (Lipinski definition) is 1. The first-order valence-electron chi connectivity index (χ1n) is 16.9. The average Bonchev–Trinajstić information content (AvgIpc) is 3.36. The van der Waals surface area contributed by atoms with Crippen LogP contribution in [-0.2, 0) is 14.3 Å². The van der Waals surface area contributed by atoms with Crippen molar-refractivity contribution in [1.29, 1.82) is 0 Å². The smallest absolute Gasteiger partial charge is 0.221 e. The summed E-state index contributed by atoms with van der Waals surface area (Å²) in [4.78, 5) is 14.8. The standard InChI is InChI=1S/C36H58N2O3/c1-9-34-19-18-33(6)31-25(4)36(17-13-24(3)23-40-36)41-28(31)22-35(33,10-2)29(34)12-11-26-21-27(14-16-32(26,34)5)37-30(39)15-20-38(7)8/h9-10,24-29,31H,1-2,11-23H2,3-8H3,(H,37,39)/t24-,25-,26+,27?,28-,29+,31-,32-,33+,34-,35-,36+/m0/s1. The number of amides is 1. The summed E-state index contributed by atoms with van der Waals surface area (Å²) in [6, 6.07) is 0.304. The molecule has 12 atom stereocenters. The van der Waals surface area contributed by atoms with Crippen molar-refractivity contribution in [2.45, 2.75) is 116 Å². The first kappa shape index (κ1) is 29.9. The molecule has 1 amide bonds. The molecule has 6 rings (SSSR count). The summed E-state index contributed by atoms with van der Waals surface area (Å²) in [6.45, 7) is 20.8. The molecule has 1 N–H and O–H groups in total. The van der Waals surface area contributed by atoms with Gasteiger partial charge in [-0.1, -0.05) is 39.8 Å². The van der Waals surface area contributed by atoms with Gasteiger partial charge in [0.1, 0.15) is 0 Å². The van der Waals surface area contributed by atoms with E-state index in [0.29, 0.717) is 42.1 Å². The number of fused-ring (bicyclic) bond motifs is 7. The van der Waals surface area contributed by atoms with Gasteiger partial charge in [0.15, 0.2) is 5.79 Å². The van der Waals surface area contributed by atoms with Gasteiger partial charge in [-0.25, -0.2) is 0 Å². The fourth-order valence-electron chi connectivity index (χ4n) is 12.1. The van der Waals surface area contributed by atoms with E-state index >= 15 is 0 Å². The molecule has 5 nitrogen and oxygen atoms in total. The van der Waals surface area contributed by atoms with E-state index in [2.05, 4.69) is 63.2 Å². The maximum Gasteiger partial charge on any atom is 0.221 e. The highest BCUT2D eigenvalue weighted by atomic mass is 16.7. The lowest BCUT2D eigenvalue weighted by Gasteiger charge is -2.70. The first-order chi connectivity index (χ1) is 19.4. The molecule has 1 spiro atoms. The molecule has 0 radical (unpaired) electrons. The van der Waals surface area contributed by atoms with Gasteiger partial charge in [0.05, 0.1) is 12.7 Å². The number of carbonyl (C=O) groups excluding carboxylic acids is 1. The second kappa shape index (κ2) is 10.2. The molecule has 2 saturated heterocycles. The molecule has 2 heterocycles. The molecular formula is C36H58N2O3. The Balaban J connectivity index is 1.26. The van der Waals surface area contributed by atoms with E-state index in [9.17, 15) is 4.79 Å². The highest BCUT2D eigenvalue weighted by Gasteiger charge is 2.76. The predicted octanol–water partition coefficient (Wildman–Crippen LogP) is 6.98. The molecule has 4 aliphatic carbocycles. The quantitative estimate of drug-likeness (QED) is 0.352. The van der Waals surface area contributed by atoms with Crippen LogP contribution in [0.25, 0.3) is 0 Å². The van der Waals surface area contributed by atoms with E-state index < -0.39 is 0 Å². The maximum absolute atomic E-state index is 12.7. The van der Waals surface area contributed by atoms with E-state index in [1.807, 2.05) is 14.1 Å². The maximum atomic E-state index is 12.7. The molecule has 0 bridgehead atoms. The van der Waals surface area contributed by atoms with Crippen molar-refractivity contribution in [2.75, 3.05) is 27.2 Å². The highest BCUT2D eigenvalue weighted by Crippen LogP contribution is 2.80. The van der Waals surface area contributed by atoms with E-state index in [-0.39, 0.29) is 39.5 Å². The fraction of sp³-hybridized carbons (Fsp3) is 0.861. The zero-order chi connectivity index (χ0) is 29.4. The zero-order valence-corrected chi connectivity index (χ0v) is 27.0. The molecule has 4 saturated carbocycles. The Morgan fingerprint density at radius 2 is 1.73 bits per heavy atom. The van der Waals surface area contributed by atoms with E-state index in [1.165, 1.54) is 32.1 Å². The third-order valence-electron chi connectivity index (χ3n) is 14.5. The van der Waals surface area contributed by atoms with Gasteiger partial charge in [-0.05, 0) is 117 Å². The van der Waals surface area contributed by atoms with Crippen LogP contribution in [0.1, 0.15) is 98.3 Å². The molecule has 41 heavy (non-hydrogen) atoms. The molecule has 6 fully saturated rings. The van der Waals surface area contributed by atoms with E-state index in [1.54, 1.807) is 0 Å². The van der Waals surface area contributed by atoms with Crippen molar-refractivity contribution in [3.05, 3.63) is 25.3 Å². The summed E-state index contributed by atoms with van der Waals surface area (Å²) in [6.07, 6.45) is 17.2. The van der Waals surface area contributed by atoms with Gasteiger partial charge in [0.2, 0.25) is 5.91 Å². The van der Waals surface area contributed by atoms with E-state index in [0.717, 1.165) is 45.3 Å². The van der Waals surface area contributed by atoms with Crippen LogP contribution in [-0.4, -0.2) is 56.0 Å². The van der Waals surface area contributed by atoms with Gasteiger partial charge in [0.25, 0.3) is 0 Å². The van der Waals surface area contributed by atoms with Crippen LogP contribution in [0.15, 0.2) is 25.3 Å². The zero-order valence-electron chi connectivity index (χ0n) is 27.0. The Labute approximate surface area is 250 Å². The summed E-state index contributed by atoms with van der Waals surface area (Å²) >= 11 is 0. The molecule has 0 aromatic carbocycles. The van der Waals surface area contributed by atoms with Gasteiger partial charge < -0.3 is 19.7 Å². The molecule has 0 aromatic rings. The van der Waals surface area contributed by atoms with Crippen LogP contribution >= 0.6 is 0 Å². The minimum atomic E-state index is -0.385. The van der Waals surface area contributed by atoms with Crippen molar-refractivity contribution >= 4 is 5.91 Å². The summed E-state index contributed by atoms with van der Waals surface area (Å²) in [5.41, 5.74) is 0.512. The number of nitrogens with zero attached hydrogens (tertiary/aromatic N) is 1. The highest BCUT2D eigenvalue weighted by molar-refractivity contribution is 5.76. The van der Waals surface area contributed by atoms with Gasteiger partial charge in [-0.3, -0.25) is 4.79 Å². The number of carbonyl (C=O) groups is 1. The minimum Gasteiger partial charge on any atom is -0.353 e. The molecule has 6 aliphatic rings. The second-order valence-electron chi connectivity index (χ2n) is 16.2. The van der Waals surface area contributed by atoms with E-state index in [4.69, 9.17) is 9.47 Å². The lowest BCUT2D eigenvalue weighted by molar-refractivity contribution is -0.276. The van der Waals surface area contributed by atoms with Crippen LogP contribution in [0.2, 0.25) is 0 Å². The van der Waals surface area contributed by atoms with Crippen molar-refractivity contribution in [3.63, 3.8) is 0 Å². The van der Waals surface area contributed by atoms with Crippen molar-refractivity contribution in [1.82, 2.24) is 10.2 Å². The third kappa shape index (κ3) is 4.06. The Morgan fingerprint density at radius 1 is 0.976 bits per heavy atom. The van der Waals surface area contributed by atoms with Crippen molar-refractivity contribution in [2.24, 2.45) is 51.2 Å². The summed E-state index contributed by atoms with van der Waals surface area (Å²) in [5, 5.41) is 3.42. The molecule has 0 aromatic heterocycles. The fourth-order valence-corrected chi connectivity index (χ4v) is 12.1. The number of ether oxygens (including phenoxy) is 2. The lowest BCUT2D eigenvalue weighted by Crippen LogP contribution is -2.64. The molecule has 1 unspecified atom stereocenters. The largest absolute Gasteiger partial charge is 0.353 e. The second-order valence-corrected chi connectivity index (χ2v) is 16.2. The summed E-state index contributed by atoms with van der Waals surface area (Å²) in [5.74, 6) is 2.52. The molecule has 2 aliphatic heterocycles. The van der Waals surface area contributed by atoms with Crippen LogP contribution in [0.4, 0.5) is 0 Å². The van der Waals surface area contributed by atoms with Gasteiger partial charge in [-0.15, -0.1) is 13.2 Å². The molecule has 230 valence electrons. The molecular weight excluding hydrogens is 508 g/mol. The third-order valence-corrected chi connectivity index (χ3v) is 14.5. The normalized spacial score (nSPS) is 52.3. The minimum absolute atomic E-state index is 0.0534. The summed E-state index contributed by atoms with van der Waals surface area (Å²) < 4.78 is 13.7. The topological polar surface area (TPSA) is 50.8 Å². The molecule has 5 heteroatoms. The monoisotopic (exact) mass is 566 g/mol. The first-order valence-corrected chi connectivity index (χ1v) is 16.9. The van der Waals surface area contributed by atoms with Crippen LogP contribution in [0.3, 0.4) is 0 Å². The number of rotatable bonds is 6. The van der Waals surface area contributed by atoms with Gasteiger partial charge in [-0.2, -0.15) is 0 Å². The van der Waals surface area contributed by atoms with Gasteiger partial charge >= 0.3 is 0 Å². The average molecular weight is 567 g/mol. The van der Waals surface area contributed by atoms with Crippen LogP contribution in [0.5, 0.6) is 0 Å². The van der Waals surface area contributed by atoms with Crippen LogP contribution in [0, 0.1) is 51.2 Å². The van der Waals surface area contributed by atoms with Crippen LogP contribution < -0.4 is 5.32 Å².